The highest BCUT2D eigenvalue weighted by molar-refractivity contribution is 5.82. The van der Waals surface area contributed by atoms with Gasteiger partial charge in [0.05, 0.1) is 0 Å². The van der Waals surface area contributed by atoms with Crippen LogP contribution >= 0.6 is 0 Å². The van der Waals surface area contributed by atoms with E-state index in [4.69, 9.17) is 0 Å². The van der Waals surface area contributed by atoms with E-state index in [2.05, 4.69) is 5.73 Å². The molecule has 0 aliphatic rings. The fourth-order valence-electron chi connectivity index (χ4n) is 0.443. The highest BCUT2D eigenvalue weighted by atomic mass is 16.2. The molecule has 0 fully saturated rings. The second-order valence-electron chi connectivity index (χ2n) is 1.78. The van der Waals surface area contributed by atoms with Crippen LogP contribution in [0.3, 0.4) is 0 Å². The number of hydrogen-bond donors (Lipinski definition) is 2. The maximum atomic E-state index is 9.48. The number of carbonyl (C=O) groups excluding carboxylic acids is 2. The van der Waals surface area contributed by atoms with Gasteiger partial charge in [0.1, 0.15) is 0 Å². The van der Waals surface area contributed by atoms with Crippen molar-refractivity contribution in [3.05, 3.63) is 36.4 Å². The van der Waals surface area contributed by atoms with Gasteiger partial charge < -0.3 is 5.73 Å². The topological polar surface area (TPSA) is 72.2 Å². The molecule has 4 heteroatoms. The highest BCUT2D eigenvalue weighted by Crippen LogP contribution is 1.79. The standard InChI is InChI=1S/C6H6.C2H4N2O2/c1-2-4-6-5-3-1;3-2(6)4-1-5/h1-6H;1H,(H3,3,4,5,6). The summed E-state index contributed by atoms with van der Waals surface area (Å²) in [6, 6.07) is 11.2. The molecule has 3 amide bonds. The van der Waals surface area contributed by atoms with Gasteiger partial charge in [-0.25, -0.2) is 4.79 Å². The third-order valence-electron chi connectivity index (χ3n) is 0.868. The Labute approximate surface area is 70.4 Å². The van der Waals surface area contributed by atoms with E-state index in [1.165, 1.54) is 0 Å². The first kappa shape index (κ1) is 10.2. The maximum Gasteiger partial charge on any atom is 0.318 e. The Morgan fingerprint density at radius 2 is 1.42 bits per heavy atom. The van der Waals surface area contributed by atoms with Crippen molar-refractivity contribution in [2.24, 2.45) is 5.73 Å². The molecule has 0 unspecified atom stereocenters. The molecule has 1 aromatic rings. The second kappa shape index (κ2) is 7.27. The number of rotatable bonds is 1. The molecule has 12 heavy (non-hydrogen) atoms. The predicted molar refractivity (Wildman–Crippen MR) is 45.2 cm³/mol. The Morgan fingerprint density at radius 3 is 1.50 bits per heavy atom. The van der Waals surface area contributed by atoms with Crippen LogP contribution in [0.5, 0.6) is 0 Å². The van der Waals surface area contributed by atoms with Gasteiger partial charge in [-0.3, -0.25) is 10.1 Å². The summed E-state index contributed by atoms with van der Waals surface area (Å²) in [7, 11) is 0. The molecule has 0 aromatic heterocycles. The lowest BCUT2D eigenvalue weighted by Gasteiger charge is -1.79. The van der Waals surface area contributed by atoms with Crippen molar-refractivity contribution in [3.63, 3.8) is 0 Å². The van der Waals surface area contributed by atoms with Crippen LogP contribution in [-0.4, -0.2) is 12.4 Å². The lowest BCUT2D eigenvalue weighted by Crippen LogP contribution is -2.27. The Morgan fingerprint density at radius 1 is 1.08 bits per heavy atom. The van der Waals surface area contributed by atoms with E-state index in [9.17, 15) is 9.59 Å². The third kappa shape index (κ3) is 8.16. The minimum atomic E-state index is -0.829. The molecule has 0 bridgehead atoms. The SMILES string of the molecule is NC(=O)NC=O.c1ccccc1. The first-order valence-electron chi connectivity index (χ1n) is 3.27. The van der Waals surface area contributed by atoms with Crippen LogP contribution in [0.4, 0.5) is 4.79 Å². The van der Waals surface area contributed by atoms with Gasteiger partial charge in [-0.1, -0.05) is 36.4 Å². The van der Waals surface area contributed by atoms with E-state index < -0.39 is 6.03 Å². The van der Waals surface area contributed by atoms with Crippen LogP contribution in [0.15, 0.2) is 36.4 Å². The van der Waals surface area contributed by atoms with Crippen molar-refractivity contribution in [2.75, 3.05) is 0 Å². The summed E-state index contributed by atoms with van der Waals surface area (Å²) in [6.07, 6.45) is 0.225. The van der Waals surface area contributed by atoms with Crippen molar-refractivity contribution in [2.45, 2.75) is 0 Å². The minimum absolute atomic E-state index is 0.225. The Balaban J connectivity index is 0.000000202. The summed E-state index contributed by atoms with van der Waals surface area (Å²) in [6.45, 7) is 0. The van der Waals surface area contributed by atoms with Crippen LogP contribution in [0.1, 0.15) is 0 Å². The fourth-order valence-corrected chi connectivity index (χ4v) is 0.443. The first-order valence-corrected chi connectivity index (χ1v) is 3.27. The van der Waals surface area contributed by atoms with E-state index >= 15 is 0 Å². The van der Waals surface area contributed by atoms with Crippen LogP contribution in [-0.2, 0) is 4.79 Å². The van der Waals surface area contributed by atoms with E-state index in [1.54, 1.807) is 5.32 Å². The van der Waals surface area contributed by atoms with Crippen molar-refractivity contribution in [1.82, 2.24) is 5.32 Å². The summed E-state index contributed by atoms with van der Waals surface area (Å²) in [5.41, 5.74) is 4.42. The number of hydrogen-bond acceptors (Lipinski definition) is 2. The van der Waals surface area contributed by atoms with Crippen LogP contribution in [0.2, 0.25) is 0 Å². The fraction of sp³-hybridized carbons (Fsp3) is 0. The molecule has 64 valence electrons. The molecule has 0 heterocycles. The summed E-state index contributed by atoms with van der Waals surface area (Å²) < 4.78 is 0. The largest absolute Gasteiger partial charge is 0.351 e. The number of nitrogens with two attached hydrogens (primary N) is 1. The zero-order chi connectivity index (χ0) is 9.23. The normalized spacial score (nSPS) is 7.33. The molecule has 3 N–H and O–H groups in total. The lowest BCUT2D eigenvalue weighted by molar-refractivity contribution is -0.108. The number of benzene rings is 1. The summed E-state index contributed by atoms with van der Waals surface area (Å²) in [5, 5.41) is 1.67. The monoisotopic (exact) mass is 166 g/mol. The van der Waals surface area contributed by atoms with E-state index in [1.807, 2.05) is 36.4 Å². The Kier molecular flexibility index (Phi) is 6.15. The number of nitrogens with one attached hydrogen (secondary N) is 1. The molecule has 1 rings (SSSR count). The van der Waals surface area contributed by atoms with Crippen molar-refractivity contribution >= 4 is 12.4 Å². The zero-order valence-electron chi connectivity index (χ0n) is 6.44. The van der Waals surface area contributed by atoms with E-state index in [-0.39, 0.29) is 6.41 Å². The molecule has 1 aromatic carbocycles. The number of urea groups is 1. The van der Waals surface area contributed by atoms with Crippen molar-refractivity contribution in [3.8, 4) is 0 Å². The molecule has 0 aliphatic heterocycles. The summed E-state index contributed by atoms with van der Waals surface area (Å²) in [4.78, 5) is 18.7. The predicted octanol–water partition coefficient (Wildman–Crippen LogP) is 0.498. The van der Waals surface area contributed by atoms with Crippen LogP contribution < -0.4 is 11.1 Å². The molecule has 4 nitrogen and oxygen atoms in total. The number of carbonyl (C=O) groups is 2. The van der Waals surface area contributed by atoms with Gasteiger partial charge in [-0.15, -0.1) is 0 Å². The molecule has 0 atom stereocenters. The van der Waals surface area contributed by atoms with Crippen LogP contribution in [0, 0.1) is 0 Å². The lowest BCUT2D eigenvalue weighted by atomic mass is 10.4. The maximum absolute atomic E-state index is 9.48. The molecular weight excluding hydrogens is 156 g/mol. The highest BCUT2D eigenvalue weighted by Gasteiger charge is 1.79. The zero-order valence-corrected chi connectivity index (χ0v) is 6.44. The van der Waals surface area contributed by atoms with Crippen molar-refractivity contribution in [1.29, 1.82) is 0 Å². The van der Waals surface area contributed by atoms with Gasteiger partial charge in [0.25, 0.3) is 0 Å². The second-order valence-corrected chi connectivity index (χ2v) is 1.78. The average molecular weight is 166 g/mol. The molecule has 0 radical (unpaired) electrons. The van der Waals surface area contributed by atoms with Gasteiger partial charge in [0, 0.05) is 0 Å². The van der Waals surface area contributed by atoms with Crippen molar-refractivity contribution < 1.29 is 9.59 Å². The first-order chi connectivity index (χ1) is 5.77. The number of imide groups is 1. The van der Waals surface area contributed by atoms with Gasteiger partial charge in [-0.05, 0) is 0 Å². The number of primary amides is 1. The molecular formula is C8H10N2O2. The van der Waals surface area contributed by atoms with E-state index in [0.717, 1.165) is 0 Å². The molecule has 0 spiro atoms. The summed E-state index contributed by atoms with van der Waals surface area (Å²) in [5.74, 6) is 0. The summed E-state index contributed by atoms with van der Waals surface area (Å²) >= 11 is 0. The van der Waals surface area contributed by atoms with Gasteiger partial charge in [0.15, 0.2) is 0 Å². The Bertz CT molecular complexity index is 197. The minimum Gasteiger partial charge on any atom is -0.351 e. The van der Waals surface area contributed by atoms with Gasteiger partial charge in [0.2, 0.25) is 6.41 Å². The third-order valence-corrected chi connectivity index (χ3v) is 0.868. The molecule has 0 aliphatic carbocycles. The van der Waals surface area contributed by atoms with Gasteiger partial charge in [-0.2, -0.15) is 0 Å². The quantitative estimate of drug-likeness (QED) is 0.596. The van der Waals surface area contributed by atoms with Crippen LogP contribution in [0.25, 0.3) is 0 Å². The molecule has 0 saturated heterocycles. The smallest absolute Gasteiger partial charge is 0.318 e. The van der Waals surface area contributed by atoms with Gasteiger partial charge >= 0.3 is 6.03 Å². The van der Waals surface area contributed by atoms with E-state index in [0.29, 0.717) is 0 Å². The molecule has 0 saturated carbocycles. The Hall–Kier alpha value is -1.84. The average Bonchev–Trinajstić information content (AvgIpc) is 2.08. The number of amides is 3.